The maximum absolute atomic E-state index is 6.38. The zero-order valence-electron chi connectivity index (χ0n) is 16.1. The first-order chi connectivity index (χ1) is 10.2. The van der Waals surface area contributed by atoms with Crippen LogP contribution in [0.5, 0.6) is 0 Å². The molecular weight excluding hydrogens is 272 g/mol. The molecule has 9 atom stereocenters. The van der Waals surface area contributed by atoms with Crippen molar-refractivity contribution in [2.45, 2.75) is 99.1 Å². The van der Waals surface area contributed by atoms with Crippen molar-refractivity contribution in [1.82, 2.24) is 0 Å². The second-order valence-corrected chi connectivity index (χ2v) is 8.52. The van der Waals surface area contributed by atoms with E-state index in [1.165, 1.54) is 12.8 Å². The smallest absolute Gasteiger partial charge is 0.0608 e. The Morgan fingerprint density at radius 3 is 1.95 bits per heavy atom. The minimum absolute atomic E-state index is 0.267. The van der Waals surface area contributed by atoms with E-state index >= 15 is 0 Å². The maximum Gasteiger partial charge on any atom is 0.0608 e. The number of rotatable bonds is 4. The average molecular weight is 311 g/mol. The minimum atomic E-state index is 0.267. The molecule has 0 N–H and O–H groups in total. The van der Waals surface area contributed by atoms with Gasteiger partial charge < -0.3 is 9.47 Å². The Hall–Kier alpha value is -0.0800. The van der Waals surface area contributed by atoms with Crippen LogP contribution in [0.25, 0.3) is 0 Å². The van der Waals surface area contributed by atoms with E-state index in [-0.39, 0.29) is 5.41 Å². The van der Waals surface area contributed by atoms with Gasteiger partial charge in [-0.25, -0.2) is 0 Å². The third kappa shape index (κ3) is 3.11. The number of ether oxygens (including phenoxy) is 2. The summed E-state index contributed by atoms with van der Waals surface area (Å²) in [7, 11) is 0. The van der Waals surface area contributed by atoms with Gasteiger partial charge >= 0.3 is 0 Å². The predicted molar refractivity (Wildman–Crippen MR) is 93.0 cm³/mol. The SMILES string of the molecule is CCC1OC(C)C(C)(CCC2OC(C)C(C)C2C)C(C)C1C. The fourth-order valence-corrected chi connectivity index (χ4v) is 4.81. The minimum Gasteiger partial charge on any atom is -0.375 e. The molecule has 9 unspecified atom stereocenters. The summed E-state index contributed by atoms with van der Waals surface area (Å²) in [5, 5.41) is 0. The van der Waals surface area contributed by atoms with Crippen molar-refractivity contribution in [1.29, 1.82) is 0 Å². The Morgan fingerprint density at radius 1 is 0.818 bits per heavy atom. The first kappa shape index (κ1) is 18.3. The fraction of sp³-hybridized carbons (Fsp3) is 1.00. The Bertz CT molecular complexity index is 369. The van der Waals surface area contributed by atoms with Crippen LogP contribution < -0.4 is 0 Å². The van der Waals surface area contributed by atoms with Gasteiger partial charge in [0.2, 0.25) is 0 Å². The standard InChI is InChI=1S/C20H38O2/c1-9-18-14(4)15(5)20(8,17(7)22-18)11-10-19-13(3)12(2)16(6)21-19/h12-19H,9-11H2,1-8H3. The second-order valence-electron chi connectivity index (χ2n) is 8.52. The summed E-state index contributed by atoms with van der Waals surface area (Å²) in [6.07, 6.45) is 5.13. The van der Waals surface area contributed by atoms with Crippen LogP contribution >= 0.6 is 0 Å². The molecule has 2 aliphatic rings. The monoisotopic (exact) mass is 310 g/mol. The third-order valence-corrected chi connectivity index (χ3v) is 7.64. The van der Waals surface area contributed by atoms with Crippen molar-refractivity contribution in [2.24, 2.45) is 29.1 Å². The fourth-order valence-electron chi connectivity index (χ4n) is 4.81. The lowest BCUT2D eigenvalue weighted by atomic mass is 9.62. The Morgan fingerprint density at radius 2 is 1.45 bits per heavy atom. The highest BCUT2D eigenvalue weighted by Gasteiger charge is 2.47. The molecule has 0 bridgehead atoms. The lowest BCUT2D eigenvalue weighted by molar-refractivity contribution is -0.177. The van der Waals surface area contributed by atoms with Crippen molar-refractivity contribution >= 4 is 0 Å². The molecule has 22 heavy (non-hydrogen) atoms. The molecule has 0 spiro atoms. The summed E-state index contributed by atoms with van der Waals surface area (Å²) in [6, 6.07) is 0. The molecule has 0 aliphatic carbocycles. The summed E-state index contributed by atoms with van der Waals surface area (Å²) in [5.41, 5.74) is 0.267. The third-order valence-electron chi connectivity index (χ3n) is 7.64. The highest BCUT2D eigenvalue weighted by molar-refractivity contribution is 4.96. The summed E-state index contributed by atoms with van der Waals surface area (Å²) in [4.78, 5) is 0. The van der Waals surface area contributed by atoms with Crippen LogP contribution in [0.4, 0.5) is 0 Å². The van der Waals surface area contributed by atoms with Crippen molar-refractivity contribution in [3.8, 4) is 0 Å². The van der Waals surface area contributed by atoms with E-state index in [0.717, 1.165) is 6.42 Å². The number of hydrogen-bond donors (Lipinski definition) is 0. The van der Waals surface area contributed by atoms with Crippen LogP contribution in [-0.4, -0.2) is 24.4 Å². The zero-order valence-corrected chi connectivity index (χ0v) is 16.1. The molecule has 0 aromatic heterocycles. The van der Waals surface area contributed by atoms with E-state index in [9.17, 15) is 0 Å². The van der Waals surface area contributed by atoms with Crippen molar-refractivity contribution in [3.63, 3.8) is 0 Å². The van der Waals surface area contributed by atoms with Crippen molar-refractivity contribution in [2.75, 3.05) is 0 Å². The van der Waals surface area contributed by atoms with Gasteiger partial charge in [-0.1, -0.05) is 41.5 Å². The molecule has 130 valence electrons. The van der Waals surface area contributed by atoms with Gasteiger partial charge in [0, 0.05) is 0 Å². The molecule has 2 saturated heterocycles. The zero-order chi connectivity index (χ0) is 16.7. The van der Waals surface area contributed by atoms with Gasteiger partial charge in [-0.15, -0.1) is 0 Å². The van der Waals surface area contributed by atoms with Gasteiger partial charge in [0.15, 0.2) is 0 Å². The van der Waals surface area contributed by atoms with E-state index in [1.54, 1.807) is 0 Å². The summed E-state index contributed by atoms with van der Waals surface area (Å²) in [6.45, 7) is 18.7. The lowest BCUT2D eigenvalue weighted by Crippen LogP contribution is -2.51. The second kappa shape index (κ2) is 6.81. The Balaban J connectivity index is 2.01. The van der Waals surface area contributed by atoms with E-state index in [4.69, 9.17) is 9.47 Å². The van der Waals surface area contributed by atoms with Gasteiger partial charge in [0.05, 0.1) is 24.4 Å². The highest BCUT2D eigenvalue weighted by Crippen LogP contribution is 2.49. The molecular formula is C20H38O2. The topological polar surface area (TPSA) is 18.5 Å². The summed E-state index contributed by atoms with van der Waals surface area (Å²) >= 11 is 0. The van der Waals surface area contributed by atoms with Crippen LogP contribution in [0.15, 0.2) is 0 Å². The highest BCUT2D eigenvalue weighted by atomic mass is 16.5. The summed E-state index contributed by atoms with van der Waals surface area (Å²) in [5.74, 6) is 2.70. The van der Waals surface area contributed by atoms with Gasteiger partial charge in [0.1, 0.15) is 0 Å². The van der Waals surface area contributed by atoms with Crippen LogP contribution in [0.1, 0.15) is 74.7 Å². The molecule has 0 aromatic carbocycles. The van der Waals surface area contributed by atoms with Crippen molar-refractivity contribution in [3.05, 3.63) is 0 Å². The van der Waals surface area contributed by atoms with E-state index < -0.39 is 0 Å². The lowest BCUT2D eigenvalue weighted by Gasteiger charge is -2.51. The molecule has 0 amide bonds. The van der Waals surface area contributed by atoms with Crippen LogP contribution in [0, 0.1) is 29.1 Å². The molecule has 0 radical (unpaired) electrons. The molecule has 2 heterocycles. The van der Waals surface area contributed by atoms with Gasteiger partial charge in [-0.05, 0) is 62.2 Å². The maximum atomic E-state index is 6.38. The van der Waals surface area contributed by atoms with Crippen LogP contribution in [0.2, 0.25) is 0 Å². The van der Waals surface area contributed by atoms with Crippen LogP contribution in [0.3, 0.4) is 0 Å². The van der Waals surface area contributed by atoms with E-state index in [2.05, 4.69) is 55.4 Å². The number of hydrogen-bond acceptors (Lipinski definition) is 2. The van der Waals surface area contributed by atoms with Crippen molar-refractivity contribution < 1.29 is 9.47 Å². The van der Waals surface area contributed by atoms with Gasteiger partial charge in [-0.2, -0.15) is 0 Å². The first-order valence-electron chi connectivity index (χ1n) is 9.53. The molecule has 2 nitrogen and oxygen atoms in total. The first-order valence-corrected chi connectivity index (χ1v) is 9.53. The molecule has 2 rings (SSSR count). The molecule has 2 aliphatic heterocycles. The largest absolute Gasteiger partial charge is 0.375 e. The predicted octanol–water partition coefficient (Wildman–Crippen LogP) is 5.30. The molecule has 0 aromatic rings. The summed E-state index contributed by atoms with van der Waals surface area (Å²) < 4.78 is 12.6. The van der Waals surface area contributed by atoms with E-state index in [0.29, 0.717) is 48.1 Å². The Kier molecular flexibility index (Phi) is 5.65. The average Bonchev–Trinajstić information content (AvgIpc) is 2.74. The molecule has 0 saturated carbocycles. The van der Waals surface area contributed by atoms with Crippen LogP contribution in [-0.2, 0) is 9.47 Å². The molecule has 2 heteroatoms. The Labute approximate surface area is 138 Å². The normalized spacial score (nSPS) is 52.9. The van der Waals surface area contributed by atoms with Gasteiger partial charge in [0.25, 0.3) is 0 Å². The van der Waals surface area contributed by atoms with Gasteiger partial charge in [-0.3, -0.25) is 0 Å². The molecule has 2 fully saturated rings. The quantitative estimate of drug-likeness (QED) is 0.701. The van der Waals surface area contributed by atoms with E-state index in [1.807, 2.05) is 0 Å².